The van der Waals surface area contributed by atoms with Gasteiger partial charge in [0.15, 0.2) is 17.3 Å². The van der Waals surface area contributed by atoms with Crippen LogP contribution in [0.4, 0.5) is 15.9 Å². The highest BCUT2D eigenvalue weighted by Crippen LogP contribution is 2.37. The van der Waals surface area contributed by atoms with Gasteiger partial charge >= 0.3 is 0 Å². The third-order valence-corrected chi connectivity index (χ3v) is 5.67. The van der Waals surface area contributed by atoms with Crippen LogP contribution in [0.3, 0.4) is 0 Å². The molecule has 0 saturated heterocycles. The van der Waals surface area contributed by atoms with Crippen LogP contribution < -0.4 is 20.1 Å². The van der Waals surface area contributed by atoms with E-state index in [4.69, 9.17) is 32.7 Å². The number of aromatic nitrogens is 2. The molecule has 0 aliphatic carbocycles. The van der Waals surface area contributed by atoms with E-state index in [-0.39, 0.29) is 21.8 Å². The summed E-state index contributed by atoms with van der Waals surface area (Å²) in [6.07, 6.45) is 5.66. The van der Waals surface area contributed by atoms with Crippen molar-refractivity contribution in [3.63, 3.8) is 0 Å². The van der Waals surface area contributed by atoms with Gasteiger partial charge in [-0.15, -0.1) is 6.58 Å². The number of ether oxygens (including phenoxy) is 2. The van der Waals surface area contributed by atoms with Crippen LogP contribution >= 0.6 is 23.2 Å². The molecule has 7 nitrogen and oxygen atoms in total. The lowest BCUT2D eigenvalue weighted by Crippen LogP contribution is -2.24. The number of benzene rings is 2. The molecular formula is C23H23Cl2FN4O3. The number of hydrogen-bond acceptors (Lipinski definition) is 6. The van der Waals surface area contributed by atoms with Crippen molar-refractivity contribution in [3.8, 4) is 11.5 Å². The quantitative estimate of drug-likeness (QED) is 0.146. The Morgan fingerprint density at radius 1 is 1.21 bits per heavy atom. The second-order valence-corrected chi connectivity index (χ2v) is 7.84. The normalized spacial score (nSPS) is 11.6. The average Bonchev–Trinajstić information content (AvgIpc) is 2.82. The Labute approximate surface area is 200 Å². The van der Waals surface area contributed by atoms with Crippen LogP contribution in [0, 0.1) is 5.82 Å². The topological polar surface area (TPSA) is 85.4 Å². The van der Waals surface area contributed by atoms with Gasteiger partial charge < -0.3 is 20.1 Å². The molecule has 0 aliphatic heterocycles. The monoisotopic (exact) mass is 492 g/mol. The van der Waals surface area contributed by atoms with Crippen molar-refractivity contribution < 1.29 is 18.7 Å². The molecule has 0 spiro atoms. The molecule has 1 amide bonds. The number of carbonyl (C=O) groups excluding carboxylic acids is 1. The summed E-state index contributed by atoms with van der Waals surface area (Å²) in [5, 5.41) is 6.12. The highest BCUT2D eigenvalue weighted by atomic mass is 35.5. The van der Waals surface area contributed by atoms with Crippen LogP contribution in [0.25, 0.3) is 10.9 Å². The van der Waals surface area contributed by atoms with Gasteiger partial charge in [0, 0.05) is 24.4 Å². The third-order valence-electron chi connectivity index (χ3n) is 4.89. The number of anilines is 2. The summed E-state index contributed by atoms with van der Waals surface area (Å²) in [4.78, 5) is 19.2. The van der Waals surface area contributed by atoms with Crippen LogP contribution in [0.2, 0.25) is 10.0 Å². The van der Waals surface area contributed by atoms with Crippen molar-refractivity contribution in [2.45, 2.75) is 25.4 Å². The molecule has 0 bridgehead atoms. The molecule has 1 heterocycles. The Kier molecular flexibility index (Phi) is 8.68. The number of halogens is 3. The molecule has 0 saturated carbocycles. The van der Waals surface area contributed by atoms with E-state index in [1.807, 2.05) is 6.08 Å². The Bertz CT molecular complexity index is 1150. The maximum Gasteiger partial charge on any atom is 0.207 e. The summed E-state index contributed by atoms with van der Waals surface area (Å²) >= 11 is 11.8. The van der Waals surface area contributed by atoms with E-state index < -0.39 is 5.82 Å². The van der Waals surface area contributed by atoms with Gasteiger partial charge in [-0.2, -0.15) is 0 Å². The molecule has 3 aromatic rings. The molecule has 3 rings (SSSR count). The summed E-state index contributed by atoms with van der Waals surface area (Å²) in [5.41, 5.74) is 0.689. The number of allylic oxidation sites excluding steroid dienone is 1. The standard InChI is InChI=1S/C23H23Cl2FN4O3/c1-3-4-5-14(8-9-27-13-31)33-20-10-15-18(11-19(20)32-2)28-12-29-23(15)30-17-7-6-16(24)21(25)22(17)26/h3,6-7,10-14H,1,4-5,8-9H2,2H3,(H,27,31)(H,28,29,30). The number of amides is 1. The van der Waals surface area contributed by atoms with Crippen LogP contribution in [-0.2, 0) is 4.79 Å². The van der Waals surface area contributed by atoms with Crippen LogP contribution in [0.1, 0.15) is 19.3 Å². The number of rotatable bonds is 12. The summed E-state index contributed by atoms with van der Waals surface area (Å²) in [6, 6.07) is 6.43. The van der Waals surface area contributed by atoms with Crippen LogP contribution in [-0.4, -0.2) is 36.1 Å². The highest BCUT2D eigenvalue weighted by molar-refractivity contribution is 6.42. The SMILES string of the molecule is C=CCCC(CCNC=O)Oc1cc2c(Nc3ccc(Cl)c(Cl)c3F)ncnc2cc1OC. The summed E-state index contributed by atoms with van der Waals surface area (Å²) < 4.78 is 26.3. The maximum atomic E-state index is 14.6. The number of carbonyl (C=O) groups is 1. The number of nitrogens with zero attached hydrogens (tertiary/aromatic N) is 2. The minimum Gasteiger partial charge on any atom is -0.493 e. The zero-order chi connectivity index (χ0) is 23.8. The van der Waals surface area contributed by atoms with E-state index in [1.165, 1.54) is 25.6 Å². The second kappa shape index (κ2) is 11.7. The van der Waals surface area contributed by atoms with Crippen molar-refractivity contribution in [2.75, 3.05) is 19.0 Å². The third kappa shape index (κ3) is 6.03. The lowest BCUT2D eigenvalue weighted by Gasteiger charge is -2.21. The summed E-state index contributed by atoms with van der Waals surface area (Å²) in [6.45, 7) is 4.22. The number of nitrogens with one attached hydrogen (secondary N) is 2. The van der Waals surface area contributed by atoms with Crippen molar-refractivity contribution in [1.82, 2.24) is 15.3 Å². The van der Waals surface area contributed by atoms with Crippen LogP contribution in [0.15, 0.2) is 43.2 Å². The zero-order valence-electron chi connectivity index (χ0n) is 17.9. The first-order chi connectivity index (χ1) is 16.0. The van der Waals surface area contributed by atoms with E-state index in [9.17, 15) is 9.18 Å². The molecule has 1 unspecified atom stereocenters. The van der Waals surface area contributed by atoms with Crippen molar-refractivity contribution in [1.29, 1.82) is 0 Å². The Balaban J connectivity index is 1.97. The van der Waals surface area contributed by atoms with Gasteiger partial charge in [-0.1, -0.05) is 29.3 Å². The first-order valence-corrected chi connectivity index (χ1v) is 10.9. The second-order valence-electron chi connectivity index (χ2n) is 7.06. The van der Waals surface area contributed by atoms with E-state index in [1.54, 1.807) is 12.1 Å². The van der Waals surface area contributed by atoms with Crippen molar-refractivity contribution in [3.05, 3.63) is 59.1 Å². The van der Waals surface area contributed by atoms with Gasteiger partial charge in [-0.25, -0.2) is 14.4 Å². The Morgan fingerprint density at radius 2 is 2.03 bits per heavy atom. The molecule has 0 radical (unpaired) electrons. The highest BCUT2D eigenvalue weighted by Gasteiger charge is 2.18. The van der Waals surface area contributed by atoms with Gasteiger partial charge in [-0.3, -0.25) is 4.79 Å². The number of fused-ring (bicyclic) bond motifs is 1. The van der Waals surface area contributed by atoms with Gasteiger partial charge in [0.05, 0.1) is 28.4 Å². The van der Waals surface area contributed by atoms with Gasteiger partial charge in [0.25, 0.3) is 0 Å². The lowest BCUT2D eigenvalue weighted by atomic mass is 10.1. The fraction of sp³-hybridized carbons (Fsp3) is 0.261. The molecule has 10 heteroatoms. The average molecular weight is 493 g/mol. The number of methoxy groups -OCH3 is 1. The Morgan fingerprint density at radius 3 is 2.76 bits per heavy atom. The van der Waals surface area contributed by atoms with Crippen molar-refractivity contribution >= 4 is 52.0 Å². The van der Waals surface area contributed by atoms with E-state index >= 15 is 0 Å². The fourth-order valence-electron chi connectivity index (χ4n) is 3.21. The van der Waals surface area contributed by atoms with Gasteiger partial charge in [0.1, 0.15) is 18.2 Å². The molecule has 0 fully saturated rings. The van der Waals surface area contributed by atoms with Gasteiger partial charge in [0.2, 0.25) is 6.41 Å². The largest absolute Gasteiger partial charge is 0.493 e. The zero-order valence-corrected chi connectivity index (χ0v) is 19.4. The van der Waals surface area contributed by atoms with Gasteiger partial charge in [-0.05, 0) is 31.0 Å². The predicted molar refractivity (Wildman–Crippen MR) is 128 cm³/mol. The molecule has 1 aromatic heterocycles. The fourth-order valence-corrected chi connectivity index (χ4v) is 3.52. The minimum atomic E-state index is -0.687. The molecule has 2 aromatic carbocycles. The first kappa shape index (κ1) is 24.5. The molecule has 2 N–H and O–H groups in total. The summed E-state index contributed by atoms with van der Waals surface area (Å²) in [5.74, 6) is 0.626. The predicted octanol–water partition coefficient (Wildman–Crippen LogP) is 5.68. The number of hydrogen-bond donors (Lipinski definition) is 2. The Hall–Kier alpha value is -3.10. The maximum absolute atomic E-state index is 14.6. The van der Waals surface area contributed by atoms with E-state index in [0.717, 1.165) is 6.42 Å². The molecule has 174 valence electrons. The lowest BCUT2D eigenvalue weighted by molar-refractivity contribution is -0.109. The van der Waals surface area contributed by atoms with Crippen molar-refractivity contribution in [2.24, 2.45) is 0 Å². The molecule has 1 atom stereocenters. The minimum absolute atomic E-state index is 0.113. The summed E-state index contributed by atoms with van der Waals surface area (Å²) in [7, 11) is 1.53. The molecule has 0 aliphatic rings. The smallest absolute Gasteiger partial charge is 0.207 e. The van der Waals surface area contributed by atoms with Crippen LogP contribution in [0.5, 0.6) is 11.5 Å². The van der Waals surface area contributed by atoms with E-state index in [2.05, 4.69) is 27.2 Å². The first-order valence-electron chi connectivity index (χ1n) is 10.2. The molecular weight excluding hydrogens is 470 g/mol. The molecule has 33 heavy (non-hydrogen) atoms. The van der Waals surface area contributed by atoms with E-state index in [0.29, 0.717) is 54.0 Å².